The van der Waals surface area contributed by atoms with Gasteiger partial charge in [-0.2, -0.15) is 4.99 Å². The summed E-state index contributed by atoms with van der Waals surface area (Å²) < 4.78 is 43.6. The van der Waals surface area contributed by atoms with Gasteiger partial charge < -0.3 is 9.64 Å². The number of benzene rings is 3. The topological polar surface area (TPSA) is 68.4 Å². The standard InChI is InChI=1S/C26H19F3N6OS2/c1-15-4-3-5-16(2)22(15)34-14-37-25(34)32-24-31-20-11-6-17(12-21(20)38-24)23-30-13-35(33-23)18-7-9-19(10-8-18)36-26(27,28)29/h3-13H,14H2,1-2H3. The molecular weight excluding hydrogens is 533 g/mol. The highest BCUT2D eigenvalue weighted by Crippen LogP contribution is 2.38. The van der Waals surface area contributed by atoms with Crippen LogP contribution in [0.15, 0.2) is 72.0 Å². The van der Waals surface area contributed by atoms with Gasteiger partial charge in [0, 0.05) is 11.3 Å². The minimum absolute atomic E-state index is 0.297. The van der Waals surface area contributed by atoms with Crippen LogP contribution < -0.4 is 9.64 Å². The second-order valence-corrected chi connectivity index (χ2v) is 10.5. The minimum Gasteiger partial charge on any atom is -0.406 e. The average Bonchev–Trinajstić information content (AvgIpc) is 3.50. The highest BCUT2D eigenvalue weighted by molar-refractivity contribution is 8.16. The molecule has 0 N–H and O–H groups in total. The Morgan fingerprint density at radius 2 is 1.76 bits per heavy atom. The summed E-state index contributed by atoms with van der Waals surface area (Å²) in [5.41, 5.74) is 5.81. The van der Waals surface area contributed by atoms with E-state index in [1.54, 1.807) is 11.8 Å². The number of halogens is 3. The fourth-order valence-electron chi connectivity index (χ4n) is 4.17. The van der Waals surface area contributed by atoms with Gasteiger partial charge in [0.2, 0.25) is 5.13 Å². The number of alkyl halides is 3. The first-order valence-electron chi connectivity index (χ1n) is 11.5. The maximum Gasteiger partial charge on any atom is 0.573 e. The molecule has 0 radical (unpaired) electrons. The monoisotopic (exact) mass is 552 g/mol. The maximum absolute atomic E-state index is 12.4. The molecular formula is C26H19F3N6OS2. The number of thiazole rings is 1. The van der Waals surface area contributed by atoms with Gasteiger partial charge in [-0.25, -0.2) is 14.6 Å². The summed E-state index contributed by atoms with van der Waals surface area (Å²) in [6, 6.07) is 17.5. The molecule has 7 nitrogen and oxygen atoms in total. The summed E-state index contributed by atoms with van der Waals surface area (Å²) in [6.07, 6.45) is -3.22. The Morgan fingerprint density at radius 3 is 2.45 bits per heavy atom. The van der Waals surface area contributed by atoms with Gasteiger partial charge in [-0.15, -0.1) is 18.3 Å². The van der Waals surface area contributed by atoms with Gasteiger partial charge >= 0.3 is 6.36 Å². The molecule has 0 bridgehead atoms. The Bertz CT molecular complexity index is 1660. The lowest BCUT2D eigenvalue weighted by Crippen LogP contribution is -2.39. The number of amidine groups is 1. The van der Waals surface area contributed by atoms with Gasteiger partial charge in [0.1, 0.15) is 12.1 Å². The molecule has 2 aromatic heterocycles. The molecule has 38 heavy (non-hydrogen) atoms. The van der Waals surface area contributed by atoms with Crippen LogP contribution in [0.4, 0.5) is 24.0 Å². The molecule has 1 fully saturated rings. The van der Waals surface area contributed by atoms with Crippen LogP contribution in [0.3, 0.4) is 0 Å². The Hall–Kier alpha value is -3.90. The van der Waals surface area contributed by atoms with Crippen LogP contribution in [-0.4, -0.2) is 37.2 Å². The summed E-state index contributed by atoms with van der Waals surface area (Å²) in [6.45, 7) is 4.21. The number of aliphatic imine (C=N–C) groups is 1. The molecule has 0 aliphatic carbocycles. The second-order valence-electron chi connectivity index (χ2n) is 8.57. The highest BCUT2D eigenvalue weighted by atomic mass is 32.2. The molecule has 0 saturated carbocycles. The van der Waals surface area contributed by atoms with E-state index in [2.05, 4.69) is 56.7 Å². The Balaban J connectivity index is 1.23. The number of ether oxygens (including phenoxy) is 1. The van der Waals surface area contributed by atoms with Crippen molar-refractivity contribution in [2.75, 3.05) is 10.8 Å². The number of aryl methyl sites for hydroxylation is 2. The van der Waals surface area contributed by atoms with Crippen molar-refractivity contribution in [1.29, 1.82) is 0 Å². The average molecular weight is 553 g/mol. The molecule has 0 unspecified atom stereocenters. The van der Waals surface area contributed by atoms with E-state index in [-0.39, 0.29) is 5.75 Å². The van der Waals surface area contributed by atoms with Crippen molar-refractivity contribution in [2.45, 2.75) is 20.2 Å². The quantitative estimate of drug-likeness (QED) is 0.229. The third-order valence-corrected chi connectivity index (χ3v) is 7.79. The number of thioether (sulfide) groups is 1. The number of hydrogen-bond acceptors (Lipinski definition) is 7. The van der Waals surface area contributed by atoms with E-state index in [4.69, 9.17) is 4.99 Å². The van der Waals surface area contributed by atoms with Crippen molar-refractivity contribution in [2.24, 2.45) is 4.99 Å². The van der Waals surface area contributed by atoms with Crippen LogP contribution in [0.1, 0.15) is 11.1 Å². The summed E-state index contributed by atoms with van der Waals surface area (Å²) in [4.78, 5) is 16.1. The third-order valence-electron chi connectivity index (χ3n) is 5.92. The number of rotatable bonds is 5. The third kappa shape index (κ3) is 4.84. The van der Waals surface area contributed by atoms with Crippen molar-refractivity contribution in [3.05, 3.63) is 78.1 Å². The molecule has 3 aromatic carbocycles. The predicted octanol–water partition coefficient (Wildman–Crippen LogP) is 7.26. The first kappa shape index (κ1) is 24.4. The van der Waals surface area contributed by atoms with E-state index in [1.165, 1.54) is 63.4 Å². The number of para-hydroxylation sites is 1. The van der Waals surface area contributed by atoms with Crippen LogP contribution >= 0.6 is 23.1 Å². The van der Waals surface area contributed by atoms with E-state index in [0.29, 0.717) is 16.6 Å². The predicted molar refractivity (Wildman–Crippen MR) is 145 cm³/mol. The van der Waals surface area contributed by atoms with E-state index in [1.807, 2.05) is 18.2 Å². The van der Waals surface area contributed by atoms with E-state index in [0.717, 1.165) is 26.8 Å². The molecule has 1 aliphatic heterocycles. The SMILES string of the molecule is Cc1cccc(C)c1N1CSC1=Nc1nc2ccc(-c3ncn(-c4ccc(OC(F)(F)F)cc4)n3)cc2s1. The summed E-state index contributed by atoms with van der Waals surface area (Å²) in [7, 11) is 0. The first-order chi connectivity index (χ1) is 18.2. The first-order valence-corrected chi connectivity index (χ1v) is 13.3. The zero-order chi connectivity index (χ0) is 26.4. The smallest absolute Gasteiger partial charge is 0.406 e. The van der Waals surface area contributed by atoms with Crippen molar-refractivity contribution < 1.29 is 17.9 Å². The summed E-state index contributed by atoms with van der Waals surface area (Å²) in [5.74, 6) is 1.04. The van der Waals surface area contributed by atoms with Gasteiger partial charge in [-0.3, -0.25) is 0 Å². The second kappa shape index (κ2) is 9.44. The van der Waals surface area contributed by atoms with Crippen molar-refractivity contribution in [3.8, 4) is 22.8 Å². The molecule has 0 atom stereocenters. The van der Waals surface area contributed by atoms with E-state index in [9.17, 15) is 13.2 Å². The van der Waals surface area contributed by atoms with Crippen LogP contribution in [0.25, 0.3) is 27.3 Å². The van der Waals surface area contributed by atoms with Gasteiger partial charge in [-0.05, 0) is 67.4 Å². The number of aromatic nitrogens is 4. The molecule has 192 valence electrons. The fourth-order valence-corrected chi connectivity index (χ4v) is 5.85. The number of nitrogens with zero attached hydrogens (tertiary/aromatic N) is 6. The molecule has 5 aromatic rings. The molecule has 12 heteroatoms. The number of fused-ring (bicyclic) bond motifs is 1. The molecule has 1 saturated heterocycles. The zero-order valence-corrected chi connectivity index (χ0v) is 21.7. The Kier molecular flexibility index (Phi) is 6.07. The van der Waals surface area contributed by atoms with Gasteiger partial charge in [0.05, 0.1) is 21.8 Å². The number of hydrogen-bond donors (Lipinski definition) is 0. The molecule has 0 spiro atoms. The van der Waals surface area contributed by atoms with Gasteiger partial charge in [0.15, 0.2) is 11.0 Å². The lowest BCUT2D eigenvalue weighted by molar-refractivity contribution is -0.274. The van der Waals surface area contributed by atoms with Crippen LogP contribution in [0.5, 0.6) is 5.75 Å². The van der Waals surface area contributed by atoms with E-state index >= 15 is 0 Å². The van der Waals surface area contributed by atoms with Crippen LogP contribution in [0, 0.1) is 13.8 Å². The summed E-state index contributed by atoms with van der Waals surface area (Å²) >= 11 is 3.18. The van der Waals surface area contributed by atoms with Gasteiger partial charge in [0.25, 0.3) is 0 Å². The Labute approximate surface area is 223 Å². The molecule has 0 amide bonds. The highest BCUT2D eigenvalue weighted by Gasteiger charge is 2.31. The van der Waals surface area contributed by atoms with Crippen LogP contribution in [-0.2, 0) is 0 Å². The fraction of sp³-hybridized carbons (Fsp3) is 0.154. The molecule has 6 rings (SSSR count). The largest absolute Gasteiger partial charge is 0.573 e. The molecule has 1 aliphatic rings. The summed E-state index contributed by atoms with van der Waals surface area (Å²) in [5, 5.41) is 6.09. The zero-order valence-electron chi connectivity index (χ0n) is 20.1. The minimum atomic E-state index is -4.74. The number of anilines is 1. The maximum atomic E-state index is 12.4. The van der Waals surface area contributed by atoms with Crippen LogP contribution in [0.2, 0.25) is 0 Å². The van der Waals surface area contributed by atoms with Crippen molar-refractivity contribution in [1.82, 2.24) is 19.7 Å². The normalized spacial score (nSPS) is 14.8. The van der Waals surface area contributed by atoms with E-state index < -0.39 is 6.36 Å². The van der Waals surface area contributed by atoms with Gasteiger partial charge in [-0.1, -0.05) is 41.3 Å². The van der Waals surface area contributed by atoms with Crippen molar-refractivity contribution >= 4 is 49.3 Å². The molecule has 3 heterocycles. The lowest BCUT2D eigenvalue weighted by Gasteiger charge is -2.35. The Morgan fingerprint density at radius 1 is 1.00 bits per heavy atom. The van der Waals surface area contributed by atoms with Crippen molar-refractivity contribution in [3.63, 3.8) is 0 Å². The lowest BCUT2D eigenvalue weighted by atomic mass is 10.1.